The predicted molar refractivity (Wildman–Crippen MR) is 81.0 cm³/mol. The Morgan fingerprint density at radius 3 is 2.52 bits per heavy atom. The smallest absolute Gasteiger partial charge is 0.508 e. The summed E-state index contributed by atoms with van der Waals surface area (Å²) in [5.41, 5.74) is 0.894. The van der Waals surface area contributed by atoms with E-state index in [0.29, 0.717) is 6.54 Å². The van der Waals surface area contributed by atoms with Crippen molar-refractivity contribution in [1.29, 1.82) is 0 Å². The maximum absolute atomic E-state index is 12.2. The molecule has 5 nitrogen and oxygen atoms in total. The average molecular weight is 293 g/mol. The highest BCUT2D eigenvalue weighted by Gasteiger charge is 2.15. The van der Waals surface area contributed by atoms with E-state index >= 15 is 0 Å². The molecule has 0 saturated carbocycles. The van der Waals surface area contributed by atoms with Crippen molar-refractivity contribution in [3.8, 4) is 0 Å². The minimum atomic E-state index is -0.742. The number of rotatable bonds is 7. The van der Waals surface area contributed by atoms with Gasteiger partial charge in [-0.15, -0.1) is 0 Å². The third-order valence-corrected chi connectivity index (χ3v) is 3.22. The lowest BCUT2D eigenvalue weighted by molar-refractivity contribution is -0.849. The molecule has 5 heteroatoms. The minimum Gasteiger partial charge on any atom is -0.628 e. The lowest BCUT2D eigenvalue weighted by Gasteiger charge is -2.42. The van der Waals surface area contributed by atoms with Crippen LogP contribution < -0.4 is 0 Å². The topological polar surface area (TPSA) is 58.6 Å². The number of carbonyl (C=O) groups excluding carboxylic acids is 1. The SMILES string of the molecule is CC[N+]([O-])(/C=C/COC(=O)OCc1ccccc1)C(C)C. The first-order chi connectivity index (χ1) is 9.98. The molecule has 0 radical (unpaired) electrons. The van der Waals surface area contributed by atoms with Crippen LogP contribution in [0.2, 0.25) is 0 Å². The predicted octanol–water partition coefficient (Wildman–Crippen LogP) is 3.60. The number of hydrogen-bond acceptors (Lipinski definition) is 4. The van der Waals surface area contributed by atoms with E-state index < -0.39 is 10.8 Å². The number of carbonyl (C=O) groups is 1. The molecule has 0 saturated heterocycles. The Morgan fingerprint density at radius 1 is 1.29 bits per heavy atom. The number of hydrogen-bond donors (Lipinski definition) is 0. The summed E-state index contributed by atoms with van der Waals surface area (Å²) in [6, 6.07) is 9.28. The quantitative estimate of drug-likeness (QED) is 0.438. The summed E-state index contributed by atoms with van der Waals surface area (Å²) in [7, 11) is 0. The number of hydroxylamine groups is 3. The van der Waals surface area contributed by atoms with Gasteiger partial charge in [0.1, 0.15) is 13.2 Å². The van der Waals surface area contributed by atoms with Crippen LogP contribution in [-0.2, 0) is 16.1 Å². The Balaban J connectivity index is 2.30. The molecule has 0 N–H and O–H groups in total. The van der Waals surface area contributed by atoms with Crippen molar-refractivity contribution in [2.45, 2.75) is 33.4 Å². The highest BCUT2D eigenvalue weighted by Crippen LogP contribution is 2.11. The van der Waals surface area contributed by atoms with Gasteiger partial charge in [0, 0.05) is 6.08 Å². The Labute approximate surface area is 125 Å². The molecule has 0 aliphatic heterocycles. The van der Waals surface area contributed by atoms with Crippen LogP contribution in [-0.4, -0.2) is 30.0 Å². The van der Waals surface area contributed by atoms with E-state index in [1.165, 1.54) is 6.20 Å². The van der Waals surface area contributed by atoms with Crippen LogP contribution in [0.25, 0.3) is 0 Å². The van der Waals surface area contributed by atoms with Gasteiger partial charge in [0.05, 0.1) is 18.8 Å². The van der Waals surface area contributed by atoms with Crippen molar-refractivity contribution < 1.29 is 18.9 Å². The van der Waals surface area contributed by atoms with Crippen molar-refractivity contribution >= 4 is 6.16 Å². The fourth-order valence-corrected chi connectivity index (χ4v) is 1.74. The third kappa shape index (κ3) is 5.97. The molecule has 0 heterocycles. The fraction of sp³-hybridized carbons (Fsp3) is 0.438. The molecule has 1 rings (SSSR count). The van der Waals surface area contributed by atoms with Crippen molar-refractivity contribution in [1.82, 2.24) is 0 Å². The van der Waals surface area contributed by atoms with Crippen LogP contribution in [0.5, 0.6) is 0 Å². The van der Waals surface area contributed by atoms with Gasteiger partial charge in [0.25, 0.3) is 0 Å². The molecule has 0 aliphatic rings. The summed E-state index contributed by atoms with van der Waals surface area (Å²) in [6.07, 6.45) is 2.32. The molecule has 21 heavy (non-hydrogen) atoms. The molecule has 0 aliphatic carbocycles. The van der Waals surface area contributed by atoms with Gasteiger partial charge >= 0.3 is 6.16 Å². The summed E-state index contributed by atoms with van der Waals surface area (Å²) in [5.74, 6) is 0. The van der Waals surface area contributed by atoms with Crippen LogP contribution in [0.1, 0.15) is 26.3 Å². The normalized spacial score (nSPS) is 14.1. The number of ether oxygens (including phenoxy) is 2. The molecule has 0 aromatic heterocycles. The van der Waals surface area contributed by atoms with Crippen LogP contribution in [0, 0.1) is 5.21 Å². The van der Waals surface area contributed by atoms with E-state index in [2.05, 4.69) is 0 Å². The van der Waals surface area contributed by atoms with Crippen molar-refractivity contribution in [2.75, 3.05) is 13.2 Å². The first-order valence-electron chi connectivity index (χ1n) is 7.07. The van der Waals surface area contributed by atoms with Crippen molar-refractivity contribution in [2.24, 2.45) is 0 Å². The lowest BCUT2D eigenvalue weighted by Crippen LogP contribution is -2.42. The summed E-state index contributed by atoms with van der Waals surface area (Å²) in [6.45, 7) is 6.18. The monoisotopic (exact) mass is 293 g/mol. The van der Waals surface area contributed by atoms with Crippen LogP contribution >= 0.6 is 0 Å². The molecule has 0 fully saturated rings. The maximum atomic E-state index is 12.2. The molecule has 1 aromatic carbocycles. The third-order valence-electron chi connectivity index (χ3n) is 3.22. The van der Waals surface area contributed by atoms with E-state index in [1.807, 2.05) is 51.1 Å². The molecule has 1 atom stereocenters. The van der Waals surface area contributed by atoms with E-state index in [4.69, 9.17) is 9.47 Å². The van der Waals surface area contributed by atoms with Gasteiger partial charge in [-0.05, 0) is 26.3 Å². The summed E-state index contributed by atoms with van der Waals surface area (Å²) >= 11 is 0. The number of nitrogens with zero attached hydrogens (tertiary/aromatic N) is 1. The molecule has 116 valence electrons. The largest absolute Gasteiger partial charge is 0.628 e. The molecular weight excluding hydrogens is 270 g/mol. The fourth-order valence-electron chi connectivity index (χ4n) is 1.74. The van der Waals surface area contributed by atoms with E-state index in [1.54, 1.807) is 6.08 Å². The first kappa shape index (κ1) is 17.2. The summed E-state index contributed by atoms with van der Waals surface area (Å²) in [4.78, 5) is 11.4. The second kappa shape index (κ2) is 8.44. The zero-order valence-electron chi connectivity index (χ0n) is 12.8. The van der Waals surface area contributed by atoms with E-state index in [-0.39, 0.29) is 19.3 Å². The van der Waals surface area contributed by atoms with Crippen LogP contribution in [0.15, 0.2) is 42.6 Å². The van der Waals surface area contributed by atoms with Gasteiger partial charge < -0.3 is 19.3 Å². The zero-order chi connectivity index (χ0) is 15.7. The first-order valence-corrected chi connectivity index (χ1v) is 7.07. The molecule has 0 bridgehead atoms. The molecular formula is C16H23NO4. The lowest BCUT2D eigenvalue weighted by atomic mass is 10.2. The van der Waals surface area contributed by atoms with Crippen LogP contribution in [0.3, 0.4) is 0 Å². The van der Waals surface area contributed by atoms with Crippen molar-refractivity contribution in [3.05, 3.63) is 53.4 Å². The Hall–Kier alpha value is -1.85. The van der Waals surface area contributed by atoms with Crippen molar-refractivity contribution in [3.63, 3.8) is 0 Å². The average Bonchev–Trinajstić information content (AvgIpc) is 2.50. The Bertz CT molecular complexity index is 459. The molecule has 0 amide bonds. The molecule has 1 unspecified atom stereocenters. The van der Waals surface area contributed by atoms with Gasteiger partial charge in [-0.3, -0.25) is 0 Å². The summed E-state index contributed by atoms with van der Waals surface area (Å²) < 4.78 is 9.40. The Kier molecular flexibility index (Phi) is 6.91. The highest BCUT2D eigenvalue weighted by molar-refractivity contribution is 5.60. The van der Waals surface area contributed by atoms with Gasteiger partial charge in [-0.1, -0.05) is 30.3 Å². The van der Waals surface area contributed by atoms with Gasteiger partial charge in [0.15, 0.2) is 0 Å². The standard InChI is InChI=1S/C16H23NO4/c1-4-17(19,14(2)3)11-8-12-20-16(18)21-13-15-9-6-5-7-10-15/h5-11,14H,4,12-13H2,1-3H3/b11-8+. The van der Waals surface area contributed by atoms with Crippen LogP contribution in [0.4, 0.5) is 4.79 Å². The van der Waals surface area contributed by atoms with Gasteiger partial charge in [0.2, 0.25) is 0 Å². The van der Waals surface area contributed by atoms with E-state index in [0.717, 1.165) is 5.56 Å². The minimum absolute atomic E-state index is 0.0303. The maximum Gasteiger partial charge on any atom is 0.508 e. The second-order valence-electron chi connectivity index (χ2n) is 4.98. The molecule has 1 aromatic rings. The zero-order valence-corrected chi connectivity index (χ0v) is 12.8. The second-order valence-corrected chi connectivity index (χ2v) is 4.98. The highest BCUT2D eigenvalue weighted by atomic mass is 16.7. The molecule has 0 spiro atoms. The van der Waals surface area contributed by atoms with Gasteiger partial charge in [-0.2, -0.15) is 0 Å². The Morgan fingerprint density at radius 2 is 1.95 bits per heavy atom. The summed E-state index contributed by atoms with van der Waals surface area (Å²) in [5, 5.41) is 12.2. The van der Waals surface area contributed by atoms with E-state index in [9.17, 15) is 10.0 Å². The van der Waals surface area contributed by atoms with Gasteiger partial charge in [-0.25, -0.2) is 4.79 Å². The number of quaternary nitrogens is 1. The number of benzene rings is 1.